The Balaban J connectivity index is 1.96. The first-order valence-electron chi connectivity index (χ1n) is 8.83. The Hall–Kier alpha value is -1.99. The highest BCUT2D eigenvalue weighted by Crippen LogP contribution is 2.38. The zero-order valence-corrected chi connectivity index (χ0v) is 17.2. The Morgan fingerprint density at radius 3 is 2.39 bits per heavy atom. The number of halogens is 2. The number of rotatable bonds is 6. The van der Waals surface area contributed by atoms with Crippen molar-refractivity contribution in [2.75, 3.05) is 45.8 Å². The summed E-state index contributed by atoms with van der Waals surface area (Å²) in [6.07, 6.45) is 0. The summed E-state index contributed by atoms with van der Waals surface area (Å²) in [4.78, 5) is 15.3. The van der Waals surface area contributed by atoms with Crippen molar-refractivity contribution in [2.45, 2.75) is 6.04 Å². The first-order valence-corrected chi connectivity index (χ1v) is 9.58. The van der Waals surface area contributed by atoms with Gasteiger partial charge in [0.25, 0.3) is 0 Å². The lowest BCUT2D eigenvalue weighted by molar-refractivity contribution is -0.123. The van der Waals surface area contributed by atoms with Gasteiger partial charge in [-0.05, 0) is 36.4 Å². The Bertz CT molecular complexity index is 824. The summed E-state index contributed by atoms with van der Waals surface area (Å²) in [5, 5.41) is 3.76. The third kappa shape index (κ3) is 4.70. The standard InChI is InChI=1S/C20H22Cl2N2O4/c1-26-15-5-3-14(4-6-15)23-20(25)18(24-7-9-28-10-8-24)16-11-13(21)12-17(22)19(16)27-2/h3-6,11-12,18H,7-10H2,1-2H3,(H,23,25)/t18-/m0/s1. The van der Waals surface area contributed by atoms with Gasteiger partial charge in [-0.3, -0.25) is 9.69 Å². The number of carbonyl (C=O) groups is 1. The average molecular weight is 425 g/mol. The van der Waals surface area contributed by atoms with Gasteiger partial charge in [0.15, 0.2) is 0 Å². The van der Waals surface area contributed by atoms with Crippen LogP contribution in [-0.2, 0) is 9.53 Å². The van der Waals surface area contributed by atoms with Gasteiger partial charge in [-0.1, -0.05) is 23.2 Å². The molecule has 1 aliphatic heterocycles. The summed E-state index contributed by atoms with van der Waals surface area (Å²) in [7, 11) is 3.12. The summed E-state index contributed by atoms with van der Waals surface area (Å²) in [6, 6.07) is 9.84. The number of amides is 1. The average Bonchev–Trinajstić information content (AvgIpc) is 2.69. The van der Waals surface area contributed by atoms with Gasteiger partial charge in [-0.15, -0.1) is 0 Å². The molecule has 8 heteroatoms. The number of morpholine rings is 1. The van der Waals surface area contributed by atoms with Crippen molar-refractivity contribution in [1.29, 1.82) is 0 Å². The third-order valence-electron chi connectivity index (χ3n) is 4.55. The van der Waals surface area contributed by atoms with Crippen LogP contribution in [0.1, 0.15) is 11.6 Å². The van der Waals surface area contributed by atoms with Crippen LogP contribution in [-0.4, -0.2) is 51.3 Å². The molecule has 0 unspecified atom stereocenters. The number of methoxy groups -OCH3 is 2. The molecule has 0 aromatic heterocycles. The maximum absolute atomic E-state index is 13.3. The number of anilines is 1. The molecule has 150 valence electrons. The second-order valence-corrected chi connectivity index (χ2v) is 7.12. The summed E-state index contributed by atoms with van der Waals surface area (Å²) in [5.41, 5.74) is 1.28. The minimum Gasteiger partial charge on any atom is -0.497 e. The molecule has 3 rings (SSSR count). The van der Waals surface area contributed by atoms with Crippen molar-refractivity contribution in [3.8, 4) is 11.5 Å². The number of ether oxygens (including phenoxy) is 3. The van der Waals surface area contributed by atoms with Gasteiger partial charge in [0.1, 0.15) is 17.5 Å². The zero-order chi connectivity index (χ0) is 20.1. The lowest BCUT2D eigenvalue weighted by Crippen LogP contribution is -2.44. The van der Waals surface area contributed by atoms with E-state index in [0.29, 0.717) is 59.1 Å². The van der Waals surface area contributed by atoms with Crippen molar-refractivity contribution in [3.63, 3.8) is 0 Å². The van der Waals surface area contributed by atoms with Crippen LogP contribution in [0.3, 0.4) is 0 Å². The van der Waals surface area contributed by atoms with Crippen LogP contribution in [0.5, 0.6) is 11.5 Å². The molecule has 1 saturated heterocycles. The van der Waals surface area contributed by atoms with Crippen LogP contribution in [0, 0.1) is 0 Å². The Morgan fingerprint density at radius 2 is 1.79 bits per heavy atom. The van der Waals surface area contributed by atoms with E-state index in [1.54, 1.807) is 43.5 Å². The van der Waals surface area contributed by atoms with Crippen LogP contribution in [0.15, 0.2) is 36.4 Å². The first kappa shape index (κ1) is 20.7. The Morgan fingerprint density at radius 1 is 1.11 bits per heavy atom. The molecule has 1 atom stereocenters. The van der Waals surface area contributed by atoms with Crippen molar-refractivity contribution < 1.29 is 19.0 Å². The van der Waals surface area contributed by atoms with Gasteiger partial charge < -0.3 is 19.5 Å². The SMILES string of the molecule is COc1ccc(NC(=O)[C@H](c2cc(Cl)cc(Cl)c2OC)N2CCOCC2)cc1. The molecule has 1 N–H and O–H groups in total. The normalized spacial score (nSPS) is 15.7. The van der Waals surface area contributed by atoms with E-state index in [9.17, 15) is 4.79 Å². The van der Waals surface area contributed by atoms with E-state index in [2.05, 4.69) is 5.32 Å². The van der Waals surface area contributed by atoms with Crippen LogP contribution < -0.4 is 14.8 Å². The van der Waals surface area contributed by atoms with Crippen molar-refractivity contribution in [1.82, 2.24) is 4.90 Å². The lowest BCUT2D eigenvalue weighted by atomic mass is 10.0. The van der Waals surface area contributed by atoms with E-state index in [4.69, 9.17) is 37.4 Å². The summed E-state index contributed by atoms with van der Waals surface area (Å²) < 4.78 is 16.1. The van der Waals surface area contributed by atoms with Gasteiger partial charge in [-0.25, -0.2) is 0 Å². The molecule has 0 spiro atoms. The lowest BCUT2D eigenvalue weighted by Gasteiger charge is -2.34. The monoisotopic (exact) mass is 424 g/mol. The minimum atomic E-state index is -0.628. The molecule has 2 aromatic rings. The summed E-state index contributed by atoms with van der Waals surface area (Å²) >= 11 is 12.5. The van der Waals surface area contributed by atoms with Crippen LogP contribution in [0.2, 0.25) is 10.0 Å². The molecule has 1 amide bonds. The minimum absolute atomic E-state index is 0.205. The van der Waals surface area contributed by atoms with E-state index in [-0.39, 0.29) is 5.91 Å². The number of benzene rings is 2. The highest BCUT2D eigenvalue weighted by Gasteiger charge is 2.32. The van der Waals surface area contributed by atoms with Gasteiger partial charge in [0.2, 0.25) is 5.91 Å². The quantitative estimate of drug-likeness (QED) is 0.758. The van der Waals surface area contributed by atoms with Gasteiger partial charge in [-0.2, -0.15) is 0 Å². The third-order valence-corrected chi connectivity index (χ3v) is 5.05. The molecular formula is C20H22Cl2N2O4. The molecule has 1 aliphatic rings. The molecule has 28 heavy (non-hydrogen) atoms. The molecule has 2 aromatic carbocycles. The van der Waals surface area contributed by atoms with E-state index in [1.807, 2.05) is 4.90 Å². The van der Waals surface area contributed by atoms with Crippen molar-refractivity contribution in [2.24, 2.45) is 0 Å². The maximum atomic E-state index is 13.3. The molecule has 6 nitrogen and oxygen atoms in total. The fourth-order valence-corrected chi connectivity index (χ4v) is 3.81. The van der Waals surface area contributed by atoms with E-state index >= 15 is 0 Å². The molecule has 1 heterocycles. The van der Waals surface area contributed by atoms with Crippen LogP contribution >= 0.6 is 23.2 Å². The maximum Gasteiger partial charge on any atom is 0.246 e. The second kappa shape index (κ2) is 9.47. The highest BCUT2D eigenvalue weighted by molar-refractivity contribution is 6.35. The Labute approximate surface area is 174 Å². The van der Waals surface area contributed by atoms with Crippen LogP contribution in [0.25, 0.3) is 0 Å². The number of hydrogen-bond acceptors (Lipinski definition) is 5. The molecule has 0 bridgehead atoms. The number of nitrogens with one attached hydrogen (secondary N) is 1. The van der Waals surface area contributed by atoms with Gasteiger partial charge >= 0.3 is 0 Å². The number of hydrogen-bond donors (Lipinski definition) is 1. The Kier molecular flexibility index (Phi) is 7.02. The fourth-order valence-electron chi connectivity index (χ4n) is 3.22. The topological polar surface area (TPSA) is 60.0 Å². The van der Waals surface area contributed by atoms with E-state index < -0.39 is 6.04 Å². The molecular weight excluding hydrogens is 403 g/mol. The van der Waals surface area contributed by atoms with E-state index in [0.717, 1.165) is 0 Å². The van der Waals surface area contributed by atoms with Crippen molar-refractivity contribution >= 4 is 34.8 Å². The molecule has 1 fully saturated rings. The van der Waals surface area contributed by atoms with Gasteiger partial charge in [0.05, 0.1) is 32.5 Å². The van der Waals surface area contributed by atoms with E-state index in [1.165, 1.54) is 7.11 Å². The smallest absolute Gasteiger partial charge is 0.246 e. The summed E-state index contributed by atoms with van der Waals surface area (Å²) in [6.45, 7) is 2.30. The predicted octanol–water partition coefficient (Wildman–Crippen LogP) is 4.02. The largest absolute Gasteiger partial charge is 0.497 e. The van der Waals surface area contributed by atoms with Crippen LogP contribution in [0.4, 0.5) is 5.69 Å². The fraction of sp³-hybridized carbons (Fsp3) is 0.350. The molecule has 0 radical (unpaired) electrons. The second-order valence-electron chi connectivity index (χ2n) is 6.28. The molecule has 0 saturated carbocycles. The first-order chi connectivity index (χ1) is 13.5. The number of nitrogens with zero attached hydrogens (tertiary/aromatic N) is 1. The van der Waals surface area contributed by atoms with Gasteiger partial charge in [0, 0.05) is 29.4 Å². The predicted molar refractivity (Wildman–Crippen MR) is 110 cm³/mol. The highest BCUT2D eigenvalue weighted by atomic mass is 35.5. The zero-order valence-electron chi connectivity index (χ0n) is 15.7. The number of carbonyl (C=O) groups excluding carboxylic acids is 1. The molecule has 0 aliphatic carbocycles. The summed E-state index contributed by atoms with van der Waals surface area (Å²) in [5.74, 6) is 0.946. The van der Waals surface area contributed by atoms with Crippen molar-refractivity contribution in [3.05, 3.63) is 52.0 Å².